The molecular weight excluding hydrogens is 162 g/mol. The van der Waals surface area contributed by atoms with Gasteiger partial charge in [-0.1, -0.05) is 6.92 Å². The zero-order valence-corrected chi connectivity index (χ0v) is 8.70. The second-order valence-corrected chi connectivity index (χ2v) is 3.70. The number of aromatic nitrogens is 2. The van der Waals surface area contributed by atoms with Gasteiger partial charge < -0.3 is 9.98 Å². The van der Waals surface area contributed by atoms with Crippen molar-refractivity contribution in [3.8, 4) is 0 Å². The molecule has 1 aromatic rings. The topological polar surface area (TPSA) is 41.7 Å². The molecule has 0 aliphatic heterocycles. The molecule has 0 spiro atoms. The maximum absolute atomic E-state index is 7.21. The summed E-state index contributed by atoms with van der Waals surface area (Å²) in [5, 5.41) is 7.21. The molecule has 0 amide bonds. The van der Waals surface area contributed by atoms with Crippen molar-refractivity contribution in [3.63, 3.8) is 0 Å². The van der Waals surface area contributed by atoms with Gasteiger partial charge in [0, 0.05) is 24.4 Å². The highest BCUT2D eigenvalue weighted by molar-refractivity contribution is 5.62. The molecule has 0 saturated carbocycles. The highest BCUT2D eigenvalue weighted by Crippen LogP contribution is 2.17. The van der Waals surface area contributed by atoms with Gasteiger partial charge in [-0.05, 0) is 20.8 Å². The minimum atomic E-state index is 0.107. The summed E-state index contributed by atoms with van der Waals surface area (Å²) in [6.45, 7) is 8.23. The second kappa shape index (κ2) is 3.73. The lowest BCUT2D eigenvalue weighted by atomic mass is 10.2. The Morgan fingerprint density at radius 1 is 1.46 bits per heavy atom. The Morgan fingerprint density at radius 2 is 2.08 bits per heavy atom. The van der Waals surface area contributed by atoms with Crippen molar-refractivity contribution in [2.75, 3.05) is 0 Å². The third-order valence-corrected chi connectivity index (χ3v) is 2.09. The summed E-state index contributed by atoms with van der Waals surface area (Å²) in [4.78, 5) is 4.41. The number of imidazole rings is 1. The highest BCUT2D eigenvalue weighted by atomic mass is 15.1. The fourth-order valence-corrected chi connectivity index (χ4v) is 1.36. The van der Waals surface area contributed by atoms with Crippen LogP contribution in [0.1, 0.15) is 44.2 Å². The van der Waals surface area contributed by atoms with Crippen LogP contribution in [-0.2, 0) is 0 Å². The molecule has 0 aromatic carbocycles. The molecule has 1 unspecified atom stereocenters. The summed E-state index contributed by atoms with van der Waals surface area (Å²) >= 11 is 0. The van der Waals surface area contributed by atoms with Gasteiger partial charge in [0.25, 0.3) is 0 Å². The summed E-state index contributed by atoms with van der Waals surface area (Å²) in [7, 11) is 0. The molecule has 0 aliphatic rings. The molecule has 1 rings (SSSR count). The first kappa shape index (κ1) is 9.96. The third kappa shape index (κ3) is 1.97. The van der Waals surface area contributed by atoms with Crippen LogP contribution in [0.25, 0.3) is 0 Å². The number of rotatable bonds is 3. The van der Waals surface area contributed by atoms with E-state index in [-0.39, 0.29) is 5.92 Å². The quantitative estimate of drug-likeness (QED) is 0.712. The molecule has 0 aliphatic carbocycles. The molecule has 0 bridgehead atoms. The number of nitrogens with zero attached hydrogens (tertiary/aromatic N) is 2. The molecule has 1 N–H and O–H groups in total. The Balaban J connectivity index is 3.11. The molecule has 1 atom stereocenters. The van der Waals surface area contributed by atoms with Crippen molar-refractivity contribution in [1.82, 2.24) is 9.55 Å². The smallest absolute Gasteiger partial charge is 0.117 e. The van der Waals surface area contributed by atoms with Crippen LogP contribution in [0.2, 0.25) is 0 Å². The lowest BCUT2D eigenvalue weighted by molar-refractivity contribution is 0.565. The molecule has 72 valence electrons. The van der Waals surface area contributed by atoms with Crippen LogP contribution < -0.4 is 0 Å². The van der Waals surface area contributed by atoms with E-state index < -0.39 is 0 Å². The fraction of sp³-hybridized carbons (Fsp3) is 0.600. The minimum absolute atomic E-state index is 0.107. The normalized spacial score (nSPS) is 13.3. The Kier molecular flexibility index (Phi) is 2.86. The lowest BCUT2D eigenvalue weighted by Crippen LogP contribution is -2.08. The first-order valence-corrected chi connectivity index (χ1v) is 4.62. The van der Waals surface area contributed by atoms with E-state index in [0.717, 1.165) is 11.5 Å². The Hall–Kier alpha value is -1.12. The lowest BCUT2D eigenvalue weighted by Gasteiger charge is -2.13. The Labute approximate surface area is 79.3 Å². The van der Waals surface area contributed by atoms with Crippen LogP contribution in [0.5, 0.6) is 0 Å². The van der Waals surface area contributed by atoms with Crippen LogP contribution in [-0.4, -0.2) is 15.8 Å². The molecule has 1 aromatic heterocycles. The molecule has 0 fully saturated rings. The van der Waals surface area contributed by atoms with E-state index in [1.807, 2.05) is 20.0 Å². The number of hydrogen-bond acceptors (Lipinski definition) is 2. The Morgan fingerprint density at radius 3 is 2.54 bits per heavy atom. The monoisotopic (exact) mass is 179 g/mol. The summed E-state index contributed by atoms with van der Waals surface area (Å²) < 4.78 is 2.13. The van der Waals surface area contributed by atoms with Crippen LogP contribution in [0.4, 0.5) is 0 Å². The zero-order valence-electron chi connectivity index (χ0n) is 8.70. The standard InChI is InChI=1S/C10H17N3/c1-7(2)13-6-9(4)12-10(13)8(3)5-11/h5-8,11H,1-4H3. The van der Waals surface area contributed by atoms with Crippen LogP contribution in [0.15, 0.2) is 6.20 Å². The molecule has 3 heteroatoms. The van der Waals surface area contributed by atoms with Crippen molar-refractivity contribution < 1.29 is 0 Å². The van der Waals surface area contributed by atoms with Gasteiger partial charge in [0.15, 0.2) is 0 Å². The van der Waals surface area contributed by atoms with Gasteiger partial charge in [-0.25, -0.2) is 4.98 Å². The van der Waals surface area contributed by atoms with E-state index in [1.165, 1.54) is 6.21 Å². The van der Waals surface area contributed by atoms with Gasteiger partial charge in [-0.3, -0.25) is 0 Å². The van der Waals surface area contributed by atoms with Crippen molar-refractivity contribution in [2.45, 2.75) is 39.7 Å². The largest absolute Gasteiger partial charge is 0.332 e. The average Bonchev–Trinajstić information content (AvgIpc) is 2.46. The summed E-state index contributed by atoms with van der Waals surface area (Å²) in [6.07, 6.45) is 3.47. The molecule has 0 radical (unpaired) electrons. The van der Waals surface area contributed by atoms with Crippen molar-refractivity contribution in [2.24, 2.45) is 0 Å². The highest BCUT2D eigenvalue weighted by Gasteiger charge is 2.12. The third-order valence-electron chi connectivity index (χ3n) is 2.09. The van der Waals surface area contributed by atoms with Crippen molar-refractivity contribution in [3.05, 3.63) is 17.7 Å². The van der Waals surface area contributed by atoms with Gasteiger partial charge in [0.2, 0.25) is 0 Å². The number of nitrogens with one attached hydrogen (secondary N) is 1. The van der Waals surface area contributed by atoms with Crippen LogP contribution in [0, 0.1) is 12.3 Å². The first-order chi connectivity index (χ1) is 6.06. The molecular formula is C10H17N3. The zero-order chi connectivity index (χ0) is 10.0. The summed E-state index contributed by atoms with van der Waals surface area (Å²) in [5.74, 6) is 1.10. The van der Waals surface area contributed by atoms with E-state index in [4.69, 9.17) is 5.41 Å². The summed E-state index contributed by atoms with van der Waals surface area (Å²) in [6, 6.07) is 0.415. The molecule has 1 heterocycles. The van der Waals surface area contributed by atoms with E-state index in [0.29, 0.717) is 6.04 Å². The fourth-order valence-electron chi connectivity index (χ4n) is 1.36. The molecule has 13 heavy (non-hydrogen) atoms. The van der Waals surface area contributed by atoms with E-state index in [9.17, 15) is 0 Å². The van der Waals surface area contributed by atoms with Gasteiger partial charge in [-0.15, -0.1) is 0 Å². The molecule has 3 nitrogen and oxygen atoms in total. The van der Waals surface area contributed by atoms with Crippen molar-refractivity contribution in [1.29, 1.82) is 5.41 Å². The average molecular weight is 179 g/mol. The van der Waals surface area contributed by atoms with E-state index in [1.54, 1.807) is 0 Å². The van der Waals surface area contributed by atoms with Gasteiger partial charge >= 0.3 is 0 Å². The minimum Gasteiger partial charge on any atom is -0.332 e. The van der Waals surface area contributed by atoms with E-state index in [2.05, 4.69) is 23.4 Å². The molecule has 0 saturated heterocycles. The number of aryl methyl sites for hydroxylation is 1. The Bertz CT molecular complexity index is 299. The second-order valence-electron chi connectivity index (χ2n) is 3.70. The summed E-state index contributed by atoms with van der Waals surface area (Å²) in [5.41, 5.74) is 1.03. The van der Waals surface area contributed by atoms with Gasteiger partial charge in [0.05, 0.1) is 5.69 Å². The predicted octanol–water partition coefficient (Wildman–Crippen LogP) is 2.53. The number of hydrogen-bond donors (Lipinski definition) is 1. The van der Waals surface area contributed by atoms with E-state index >= 15 is 0 Å². The van der Waals surface area contributed by atoms with Crippen LogP contribution in [0.3, 0.4) is 0 Å². The SMILES string of the molecule is Cc1cn(C(C)C)c(C(C)C=N)n1. The van der Waals surface area contributed by atoms with Gasteiger partial charge in [0.1, 0.15) is 5.82 Å². The predicted molar refractivity (Wildman–Crippen MR) is 54.5 cm³/mol. The van der Waals surface area contributed by atoms with Gasteiger partial charge in [-0.2, -0.15) is 0 Å². The maximum Gasteiger partial charge on any atom is 0.117 e. The first-order valence-electron chi connectivity index (χ1n) is 4.62. The van der Waals surface area contributed by atoms with Crippen molar-refractivity contribution >= 4 is 6.21 Å². The maximum atomic E-state index is 7.21. The van der Waals surface area contributed by atoms with Crippen LogP contribution >= 0.6 is 0 Å².